The Morgan fingerprint density at radius 2 is 0.550 bits per heavy atom. The SMILES string of the molecule is CC=CC=CCS(=O)(=O)C(C)S(=O)(=O)CC=CC=CC.CC=CC=CCS(=O)(=O)C(C)S(=O)(=O)CC=CC=CC. The largest absolute Gasteiger partial charge is 0.227 e. The van der Waals surface area contributed by atoms with Crippen molar-refractivity contribution in [3.8, 4) is 0 Å². The highest BCUT2D eigenvalue weighted by Crippen LogP contribution is 2.13. The second-order valence-corrected chi connectivity index (χ2v) is 18.3. The molecule has 0 heterocycles. The monoisotopic (exact) mass is 636 g/mol. The van der Waals surface area contributed by atoms with Crippen molar-refractivity contribution in [2.45, 2.75) is 50.7 Å². The first-order valence-corrected chi connectivity index (χ1v) is 19.4. The summed E-state index contributed by atoms with van der Waals surface area (Å²) in [4.78, 5) is 0. The van der Waals surface area contributed by atoms with Crippen molar-refractivity contribution in [2.24, 2.45) is 0 Å². The van der Waals surface area contributed by atoms with Gasteiger partial charge < -0.3 is 0 Å². The molecule has 0 aliphatic carbocycles. The molecule has 0 fully saturated rings. The standard InChI is InChI=1S/2C14H22O4S2/c2*1-4-6-8-10-12-19(15,16)14(3)20(17,18)13-11-9-7-5-2/h2*4-11,14H,12-13H2,1-3H3. The molecule has 0 rings (SSSR count). The Bertz CT molecular complexity index is 1180. The van der Waals surface area contributed by atoms with Gasteiger partial charge in [0.2, 0.25) is 0 Å². The molecular weight excluding hydrogens is 593 g/mol. The van der Waals surface area contributed by atoms with Crippen molar-refractivity contribution >= 4 is 39.3 Å². The van der Waals surface area contributed by atoms with Crippen LogP contribution in [0.15, 0.2) is 97.2 Å². The fraction of sp³-hybridized carbons (Fsp3) is 0.429. The highest BCUT2D eigenvalue weighted by molar-refractivity contribution is 8.09. The molecule has 0 aromatic rings. The molecule has 0 aliphatic rings. The lowest BCUT2D eigenvalue weighted by molar-refractivity contribution is 0.578. The summed E-state index contributed by atoms with van der Waals surface area (Å²) in [5.41, 5.74) is 0. The van der Waals surface area contributed by atoms with Crippen molar-refractivity contribution in [3.05, 3.63) is 97.2 Å². The summed E-state index contributed by atoms with van der Waals surface area (Å²) in [6.45, 7) is 9.67. The summed E-state index contributed by atoms with van der Waals surface area (Å²) in [5.74, 6) is -1.13. The molecule has 0 saturated heterocycles. The van der Waals surface area contributed by atoms with E-state index in [-0.39, 0.29) is 23.0 Å². The van der Waals surface area contributed by atoms with Crippen LogP contribution in [0.5, 0.6) is 0 Å². The van der Waals surface area contributed by atoms with E-state index in [1.54, 1.807) is 72.9 Å². The van der Waals surface area contributed by atoms with Gasteiger partial charge in [0.25, 0.3) is 0 Å². The van der Waals surface area contributed by atoms with Crippen molar-refractivity contribution in [1.29, 1.82) is 0 Å². The summed E-state index contributed by atoms with van der Waals surface area (Å²) >= 11 is 0. The van der Waals surface area contributed by atoms with Gasteiger partial charge in [-0.3, -0.25) is 0 Å². The quantitative estimate of drug-likeness (QED) is 0.219. The van der Waals surface area contributed by atoms with Gasteiger partial charge in [-0.2, -0.15) is 0 Å². The predicted molar refractivity (Wildman–Crippen MR) is 170 cm³/mol. The Kier molecular flexibility index (Phi) is 20.5. The van der Waals surface area contributed by atoms with Crippen LogP contribution in [-0.4, -0.2) is 65.8 Å². The van der Waals surface area contributed by atoms with Crippen molar-refractivity contribution in [1.82, 2.24) is 0 Å². The van der Waals surface area contributed by atoms with E-state index in [0.717, 1.165) is 0 Å². The minimum Gasteiger partial charge on any atom is -0.227 e. The number of rotatable bonds is 16. The first kappa shape index (κ1) is 39.9. The van der Waals surface area contributed by atoms with E-state index in [1.165, 1.54) is 38.2 Å². The van der Waals surface area contributed by atoms with Gasteiger partial charge in [-0.15, -0.1) is 0 Å². The maximum absolute atomic E-state index is 11.9. The van der Waals surface area contributed by atoms with Crippen LogP contribution < -0.4 is 0 Å². The van der Waals surface area contributed by atoms with Gasteiger partial charge in [-0.1, -0.05) is 97.2 Å². The van der Waals surface area contributed by atoms with Crippen LogP contribution in [0.4, 0.5) is 0 Å². The predicted octanol–water partition coefficient (Wildman–Crippen LogP) is 4.85. The van der Waals surface area contributed by atoms with Crippen LogP contribution in [0.1, 0.15) is 41.5 Å². The van der Waals surface area contributed by atoms with Crippen LogP contribution in [0, 0.1) is 0 Å². The van der Waals surface area contributed by atoms with Gasteiger partial charge in [0, 0.05) is 0 Å². The van der Waals surface area contributed by atoms with E-state index in [1.807, 2.05) is 27.7 Å². The Labute approximate surface area is 243 Å². The highest BCUT2D eigenvalue weighted by atomic mass is 32.3. The molecule has 228 valence electrons. The van der Waals surface area contributed by atoms with E-state index >= 15 is 0 Å². The zero-order valence-electron chi connectivity index (χ0n) is 24.1. The molecule has 0 spiro atoms. The van der Waals surface area contributed by atoms with Crippen LogP contribution in [0.2, 0.25) is 0 Å². The van der Waals surface area contributed by atoms with Crippen LogP contribution in [0.3, 0.4) is 0 Å². The third-order valence-corrected chi connectivity index (χ3v) is 15.3. The molecular formula is C28H44O8S4. The van der Waals surface area contributed by atoms with Gasteiger partial charge in [0.1, 0.15) is 0 Å². The molecule has 40 heavy (non-hydrogen) atoms. The molecule has 0 amide bonds. The van der Waals surface area contributed by atoms with E-state index in [9.17, 15) is 33.7 Å². The molecule has 0 atom stereocenters. The normalized spacial score (nSPS) is 15.9. The lowest BCUT2D eigenvalue weighted by Gasteiger charge is -2.11. The lowest BCUT2D eigenvalue weighted by Crippen LogP contribution is -2.30. The van der Waals surface area contributed by atoms with Crippen LogP contribution in [-0.2, 0) is 39.3 Å². The molecule has 0 aliphatic heterocycles. The number of hydrogen-bond acceptors (Lipinski definition) is 8. The maximum atomic E-state index is 11.9. The molecule has 0 aromatic carbocycles. The fourth-order valence-electron chi connectivity index (χ4n) is 2.51. The lowest BCUT2D eigenvalue weighted by atomic mass is 10.5. The van der Waals surface area contributed by atoms with E-state index in [0.29, 0.717) is 0 Å². The second-order valence-electron chi connectivity index (χ2n) is 8.27. The summed E-state index contributed by atoms with van der Waals surface area (Å²) in [6.07, 6.45) is 25.9. The Morgan fingerprint density at radius 3 is 0.700 bits per heavy atom. The third-order valence-electron chi connectivity index (χ3n) is 5.10. The number of hydrogen-bond donors (Lipinski definition) is 0. The number of sulfone groups is 4. The molecule has 0 bridgehead atoms. The zero-order chi connectivity index (χ0) is 31.3. The van der Waals surface area contributed by atoms with Gasteiger partial charge in [-0.05, 0) is 41.5 Å². The summed E-state index contributed by atoms with van der Waals surface area (Å²) in [6, 6.07) is 0. The van der Waals surface area contributed by atoms with Gasteiger partial charge in [-0.25, -0.2) is 33.7 Å². The minimum atomic E-state index is -3.70. The van der Waals surface area contributed by atoms with Gasteiger partial charge in [0.05, 0.1) is 23.0 Å². The highest BCUT2D eigenvalue weighted by Gasteiger charge is 2.32. The smallest absolute Gasteiger partial charge is 0.170 e. The average Bonchev–Trinajstić information content (AvgIpc) is 2.89. The van der Waals surface area contributed by atoms with Crippen molar-refractivity contribution in [3.63, 3.8) is 0 Å². The first-order valence-electron chi connectivity index (χ1n) is 12.5. The van der Waals surface area contributed by atoms with Crippen molar-refractivity contribution in [2.75, 3.05) is 23.0 Å². The molecule has 0 unspecified atom stereocenters. The third kappa shape index (κ3) is 17.4. The summed E-state index contributed by atoms with van der Waals surface area (Å²) < 4.78 is 92.7. The van der Waals surface area contributed by atoms with E-state index in [2.05, 4.69) is 0 Å². The average molecular weight is 637 g/mol. The zero-order valence-corrected chi connectivity index (χ0v) is 27.4. The fourth-order valence-corrected chi connectivity index (χ4v) is 9.62. The topological polar surface area (TPSA) is 137 Å². The van der Waals surface area contributed by atoms with Crippen molar-refractivity contribution < 1.29 is 33.7 Å². The number of allylic oxidation sites excluding steroid dienone is 12. The van der Waals surface area contributed by atoms with Gasteiger partial charge >= 0.3 is 0 Å². The molecule has 0 N–H and O–H groups in total. The van der Waals surface area contributed by atoms with Crippen LogP contribution >= 0.6 is 0 Å². The second kappa shape index (κ2) is 20.6. The first-order chi connectivity index (χ1) is 18.6. The molecule has 12 heteroatoms. The summed E-state index contributed by atoms with van der Waals surface area (Å²) in [7, 11) is -14.8. The molecule has 8 nitrogen and oxygen atoms in total. The van der Waals surface area contributed by atoms with Crippen LogP contribution in [0.25, 0.3) is 0 Å². The molecule has 0 saturated carbocycles. The van der Waals surface area contributed by atoms with Gasteiger partial charge in [0.15, 0.2) is 48.5 Å². The van der Waals surface area contributed by atoms with E-state index in [4.69, 9.17) is 0 Å². The van der Waals surface area contributed by atoms with E-state index < -0.39 is 48.5 Å². The Morgan fingerprint density at radius 1 is 0.375 bits per heavy atom. The Hall–Kier alpha value is -2.28. The summed E-state index contributed by atoms with van der Waals surface area (Å²) in [5, 5.41) is 0. The molecule has 0 aromatic heterocycles. The molecule has 0 radical (unpaired) electrons. The minimum absolute atomic E-state index is 0.281. The Balaban J connectivity index is 0. The maximum Gasteiger partial charge on any atom is 0.170 e.